The first kappa shape index (κ1) is 13.9. The second-order valence-corrected chi connectivity index (χ2v) is 5.82. The van der Waals surface area contributed by atoms with Gasteiger partial charge in [0, 0.05) is 22.6 Å². The summed E-state index contributed by atoms with van der Waals surface area (Å²) in [5.41, 5.74) is 0.539. The Kier molecular flexibility index (Phi) is 4.37. The van der Waals surface area contributed by atoms with E-state index >= 15 is 0 Å². The van der Waals surface area contributed by atoms with Gasteiger partial charge in [0.25, 0.3) is 0 Å². The van der Waals surface area contributed by atoms with Crippen molar-refractivity contribution in [1.82, 2.24) is 5.32 Å². The zero-order valence-electron chi connectivity index (χ0n) is 9.12. The van der Waals surface area contributed by atoms with Gasteiger partial charge in [-0.2, -0.15) is 11.8 Å². The molecule has 2 atom stereocenters. The number of thioether (sulfide) groups is 1. The summed E-state index contributed by atoms with van der Waals surface area (Å²) in [5, 5.41) is 12.2. The number of benzene rings is 1. The van der Waals surface area contributed by atoms with Crippen LogP contribution in [0.3, 0.4) is 0 Å². The van der Waals surface area contributed by atoms with Gasteiger partial charge in [-0.15, -0.1) is 0 Å². The van der Waals surface area contributed by atoms with Gasteiger partial charge in [0.2, 0.25) is 0 Å². The van der Waals surface area contributed by atoms with Crippen LogP contribution in [0.2, 0.25) is 10.0 Å². The Hall–Kier alpha value is -0.490. The molecule has 0 bridgehead atoms. The molecule has 2 unspecified atom stereocenters. The zero-order chi connectivity index (χ0) is 13.3. The Morgan fingerprint density at radius 1 is 1.39 bits per heavy atom. The molecule has 0 saturated carbocycles. The maximum absolute atomic E-state index is 13.4. The van der Waals surface area contributed by atoms with E-state index in [1.54, 1.807) is 0 Å². The molecule has 7 heteroatoms. The largest absolute Gasteiger partial charge is 0.480 e. The van der Waals surface area contributed by atoms with Gasteiger partial charge in [0.05, 0.1) is 5.02 Å². The molecule has 18 heavy (non-hydrogen) atoms. The molecule has 1 fully saturated rings. The number of rotatable bonds is 2. The minimum Gasteiger partial charge on any atom is -0.480 e. The third kappa shape index (κ3) is 2.91. The number of halogens is 3. The standard InChI is InChI=1S/C11H10Cl2FNO2S/c12-6-2-7(13)8(14)1-5(6)9-3-18-4-10(15-9)11(16)17/h1-2,9-10,15H,3-4H2,(H,16,17). The Morgan fingerprint density at radius 2 is 2.11 bits per heavy atom. The Labute approximate surface area is 118 Å². The Morgan fingerprint density at radius 3 is 2.78 bits per heavy atom. The molecule has 1 aliphatic rings. The van der Waals surface area contributed by atoms with Gasteiger partial charge in [-0.1, -0.05) is 23.2 Å². The maximum Gasteiger partial charge on any atom is 0.321 e. The molecule has 1 aromatic rings. The summed E-state index contributed by atoms with van der Waals surface area (Å²) in [4.78, 5) is 10.9. The van der Waals surface area contributed by atoms with Crippen molar-refractivity contribution in [2.24, 2.45) is 0 Å². The van der Waals surface area contributed by atoms with Crippen molar-refractivity contribution in [3.8, 4) is 0 Å². The van der Waals surface area contributed by atoms with Crippen LogP contribution in [0.1, 0.15) is 11.6 Å². The van der Waals surface area contributed by atoms with Gasteiger partial charge in [-0.25, -0.2) is 4.39 Å². The first-order valence-electron chi connectivity index (χ1n) is 5.20. The van der Waals surface area contributed by atoms with E-state index in [1.807, 2.05) is 0 Å². The minimum atomic E-state index is -0.919. The van der Waals surface area contributed by atoms with Crippen LogP contribution >= 0.6 is 35.0 Å². The number of hydrogen-bond donors (Lipinski definition) is 2. The van der Waals surface area contributed by atoms with Crippen molar-refractivity contribution in [2.75, 3.05) is 11.5 Å². The summed E-state index contributed by atoms with van der Waals surface area (Å²) in [6.45, 7) is 0. The van der Waals surface area contributed by atoms with E-state index in [1.165, 1.54) is 23.9 Å². The molecule has 0 spiro atoms. The normalized spacial score (nSPS) is 23.9. The minimum absolute atomic E-state index is 0.0398. The predicted octanol–water partition coefficient (Wildman–Crippen LogP) is 2.96. The SMILES string of the molecule is O=C(O)C1CSCC(c2cc(F)c(Cl)cc2Cl)N1. The molecule has 3 nitrogen and oxygen atoms in total. The third-order valence-electron chi connectivity index (χ3n) is 2.68. The quantitative estimate of drug-likeness (QED) is 0.825. The zero-order valence-corrected chi connectivity index (χ0v) is 11.4. The number of carboxylic acids is 1. The van der Waals surface area contributed by atoms with Crippen LogP contribution in [-0.2, 0) is 4.79 Å². The van der Waals surface area contributed by atoms with E-state index in [0.29, 0.717) is 22.1 Å². The van der Waals surface area contributed by atoms with E-state index in [9.17, 15) is 9.18 Å². The fourth-order valence-corrected chi connectivity index (χ4v) is 3.41. The van der Waals surface area contributed by atoms with Crippen LogP contribution in [-0.4, -0.2) is 28.6 Å². The van der Waals surface area contributed by atoms with Crippen molar-refractivity contribution in [3.63, 3.8) is 0 Å². The number of hydrogen-bond acceptors (Lipinski definition) is 3. The number of nitrogens with one attached hydrogen (secondary N) is 1. The number of aliphatic carboxylic acids is 1. The smallest absolute Gasteiger partial charge is 0.321 e. The van der Waals surface area contributed by atoms with Crippen molar-refractivity contribution in [1.29, 1.82) is 0 Å². The summed E-state index contributed by atoms with van der Waals surface area (Å²) in [7, 11) is 0. The average molecular weight is 310 g/mol. The lowest BCUT2D eigenvalue weighted by Crippen LogP contribution is -2.45. The van der Waals surface area contributed by atoms with Gasteiger partial charge in [-0.3, -0.25) is 10.1 Å². The van der Waals surface area contributed by atoms with Crippen LogP contribution in [0.25, 0.3) is 0 Å². The first-order valence-corrected chi connectivity index (χ1v) is 7.11. The second-order valence-electron chi connectivity index (χ2n) is 3.94. The topological polar surface area (TPSA) is 49.3 Å². The van der Waals surface area contributed by atoms with Crippen molar-refractivity contribution in [3.05, 3.63) is 33.6 Å². The molecule has 1 aromatic carbocycles. The number of carboxylic acid groups (broad SMARTS) is 1. The molecule has 98 valence electrons. The Bertz CT molecular complexity index is 486. The van der Waals surface area contributed by atoms with E-state index < -0.39 is 17.8 Å². The fraction of sp³-hybridized carbons (Fsp3) is 0.364. The summed E-state index contributed by atoms with van der Waals surface area (Å²) in [6.07, 6.45) is 0. The highest BCUT2D eigenvalue weighted by atomic mass is 35.5. The molecule has 1 aliphatic heterocycles. The van der Waals surface area contributed by atoms with Crippen LogP contribution in [0, 0.1) is 5.82 Å². The highest BCUT2D eigenvalue weighted by Gasteiger charge is 2.28. The molecule has 0 aliphatic carbocycles. The molecule has 2 N–H and O–H groups in total. The lowest BCUT2D eigenvalue weighted by molar-refractivity contribution is -0.139. The fourth-order valence-electron chi connectivity index (χ4n) is 1.77. The summed E-state index contributed by atoms with van der Waals surface area (Å²) in [6, 6.07) is 1.66. The van der Waals surface area contributed by atoms with E-state index in [-0.39, 0.29) is 11.1 Å². The van der Waals surface area contributed by atoms with Gasteiger partial charge >= 0.3 is 5.97 Å². The van der Waals surface area contributed by atoms with Crippen molar-refractivity contribution in [2.45, 2.75) is 12.1 Å². The monoisotopic (exact) mass is 309 g/mol. The maximum atomic E-state index is 13.4. The van der Waals surface area contributed by atoms with Crippen molar-refractivity contribution >= 4 is 40.9 Å². The molecule has 0 amide bonds. The highest BCUT2D eigenvalue weighted by molar-refractivity contribution is 7.99. The molecule has 1 saturated heterocycles. The van der Waals surface area contributed by atoms with E-state index in [4.69, 9.17) is 28.3 Å². The Balaban J connectivity index is 2.26. The first-order chi connectivity index (χ1) is 8.49. The van der Waals surface area contributed by atoms with Crippen LogP contribution < -0.4 is 5.32 Å². The van der Waals surface area contributed by atoms with Crippen LogP contribution in [0.4, 0.5) is 4.39 Å². The lowest BCUT2D eigenvalue weighted by atomic mass is 10.1. The second kappa shape index (κ2) is 5.65. The van der Waals surface area contributed by atoms with Gasteiger partial charge in [0.1, 0.15) is 11.9 Å². The van der Waals surface area contributed by atoms with Crippen LogP contribution in [0.15, 0.2) is 12.1 Å². The van der Waals surface area contributed by atoms with Gasteiger partial charge in [-0.05, 0) is 17.7 Å². The molecular formula is C11H10Cl2FNO2S. The van der Waals surface area contributed by atoms with Gasteiger partial charge < -0.3 is 5.11 Å². The molecule has 1 heterocycles. The van der Waals surface area contributed by atoms with Gasteiger partial charge in [0.15, 0.2) is 0 Å². The molecule has 2 rings (SSSR count). The molecular weight excluding hydrogens is 300 g/mol. The predicted molar refractivity (Wildman–Crippen MR) is 71.0 cm³/mol. The van der Waals surface area contributed by atoms with Crippen molar-refractivity contribution < 1.29 is 14.3 Å². The summed E-state index contributed by atoms with van der Waals surface area (Å²) >= 11 is 13.1. The number of carbonyl (C=O) groups is 1. The lowest BCUT2D eigenvalue weighted by Gasteiger charge is -2.29. The molecule has 0 radical (unpaired) electrons. The highest BCUT2D eigenvalue weighted by Crippen LogP contribution is 2.32. The van der Waals surface area contributed by atoms with E-state index in [0.717, 1.165) is 0 Å². The van der Waals surface area contributed by atoms with E-state index in [2.05, 4.69) is 5.32 Å². The van der Waals surface area contributed by atoms with Crippen LogP contribution in [0.5, 0.6) is 0 Å². The summed E-state index contributed by atoms with van der Waals surface area (Å²) in [5.74, 6) is -0.345. The molecule has 0 aromatic heterocycles. The average Bonchev–Trinajstić information content (AvgIpc) is 2.34. The third-order valence-corrected chi connectivity index (χ3v) is 4.44. The summed E-state index contributed by atoms with van der Waals surface area (Å²) < 4.78 is 13.4.